The van der Waals surface area contributed by atoms with Crippen LogP contribution in [0.4, 0.5) is 0 Å². The van der Waals surface area contributed by atoms with Crippen molar-refractivity contribution >= 4 is 21.9 Å². The molecule has 0 bridgehead atoms. The molecule has 0 radical (unpaired) electrons. The molecule has 0 spiro atoms. The highest BCUT2D eigenvalue weighted by Crippen LogP contribution is 2.38. The first kappa shape index (κ1) is 12.4. The van der Waals surface area contributed by atoms with E-state index < -0.39 is 0 Å². The van der Waals surface area contributed by atoms with E-state index in [9.17, 15) is 4.79 Å². The largest absolute Gasteiger partial charge is 0.425 e. The Balaban J connectivity index is 2.03. The number of carbonyl (C=O) groups excluding carboxylic acids is 1. The molecule has 0 aromatic heterocycles. The van der Waals surface area contributed by atoms with Gasteiger partial charge in [-0.15, -0.1) is 0 Å². The number of ether oxygens (including phenoxy) is 1. The summed E-state index contributed by atoms with van der Waals surface area (Å²) in [7, 11) is 0. The molecule has 0 saturated carbocycles. The summed E-state index contributed by atoms with van der Waals surface area (Å²) in [6.45, 7) is 2.04. The number of halogens is 1. The molecular weight excluding hydrogens is 304 g/mol. The molecule has 3 rings (SSSR count). The number of hydrogen-bond acceptors (Lipinski definition) is 2. The summed E-state index contributed by atoms with van der Waals surface area (Å²) < 4.78 is 6.35. The number of esters is 1. The van der Waals surface area contributed by atoms with E-state index >= 15 is 0 Å². The van der Waals surface area contributed by atoms with E-state index in [1.54, 1.807) is 0 Å². The van der Waals surface area contributed by atoms with E-state index in [0.717, 1.165) is 21.2 Å². The van der Waals surface area contributed by atoms with E-state index in [-0.39, 0.29) is 11.9 Å². The number of benzene rings is 2. The van der Waals surface area contributed by atoms with Crippen molar-refractivity contribution in [2.45, 2.75) is 19.3 Å². The highest BCUT2D eigenvalue weighted by atomic mass is 79.9. The topological polar surface area (TPSA) is 26.3 Å². The van der Waals surface area contributed by atoms with Crippen molar-refractivity contribution in [1.29, 1.82) is 0 Å². The molecule has 0 fully saturated rings. The fraction of sp³-hybridized carbons (Fsp3) is 0.188. The van der Waals surface area contributed by atoms with Gasteiger partial charge in [-0.1, -0.05) is 36.4 Å². The van der Waals surface area contributed by atoms with Crippen LogP contribution >= 0.6 is 15.9 Å². The predicted molar refractivity (Wildman–Crippen MR) is 77.4 cm³/mol. The molecule has 2 nitrogen and oxygen atoms in total. The Kier molecular flexibility index (Phi) is 3.15. The molecule has 0 saturated heterocycles. The van der Waals surface area contributed by atoms with Crippen LogP contribution in [0.5, 0.6) is 5.75 Å². The Hall–Kier alpha value is -1.61. The second kappa shape index (κ2) is 4.82. The Morgan fingerprint density at radius 3 is 2.68 bits per heavy atom. The van der Waals surface area contributed by atoms with E-state index in [1.165, 1.54) is 0 Å². The van der Waals surface area contributed by atoms with Crippen molar-refractivity contribution in [1.82, 2.24) is 0 Å². The van der Waals surface area contributed by atoms with Crippen LogP contribution in [-0.4, -0.2) is 5.97 Å². The molecule has 1 unspecified atom stereocenters. The van der Waals surface area contributed by atoms with Gasteiger partial charge in [0.05, 0.1) is 10.4 Å². The molecule has 96 valence electrons. The van der Waals surface area contributed by atoms with Crippen LogP contribution in [0.1, 0.15) is 22.6 Å². The molecule has 1 aliphatic rings. The molecule has 2 aromatic carbocycles. The van der Waals surface area contributed by atoms with Gasteiger partial charge in [-0.05, 0) is 52.0 Å². The van der Waals surface area contributed by atoms with Crippen molar-refractivity contribution < 1.29 is 9.53 Å². The van der Waals surface area contributed by atoms with E-state index in [0.29, 0.717) is 12.2 Å². The van der Waals surface area contributed by atoms with E-state index in [4.69, 9.17) is 4.74 Å². The maximum Gasteiger partial charge on any atom is 0.319 e. The van der Waals surface area contributed by atoms with Crippen molar-refractivity contribution in [3.05, 3.63) is 63.6 Å². The van der Waals surface area contributed by atoms with Gasteiger partial charge in [-0.25, -0.2) is 0 Å². The molecule has 0 aliphatic carbocycles. The summed E-state index contributed by atoms with van der Waals surface area (Å²) >= 11 is 3.46. The van der Waals surface area contributed by atoms with Crippen LogP contribution in [0, 0.1) is 6.92 Å². The van der Waals surface area contributed by atoms with Crippen molar-refractivity contribution in [3.63, 3.8) is 0 Å². The summed E-state index contributed by atoms with van der Waals surface area (Å²) in [4.78, 5) is 12.2. The second-order valence-electron chi connectivity index (χ2n) is 4.82. The maximum absolute atomic E-state index is 12.2. The number of rotatable bonds is 1. The molecule has 2 aromatic rings. The van der Waals surface area contributed by atoms with Crippen LogP contribution in [0.25, 0.3) is 0 Å². The second-order valence-corrected chi connectivity index (χ2v) is 5.68. The monoisotopic (exact) mass is 316 g/mol. The Labute approximate surface area is 120 Å². The minimum absolute atomic E-state index is 0.178. The zero-order valence-electron chi connectivity index (χ0n) is 10.5. The minimum atomic E-state index is -0.206. The molecule has 0 amide bonds. The normalized spacial score (nSPS) is 17.8. The summed E-state index contributed by atoms with van der Waals surface area (Å²) in [5.74, 6) is 0.286. The van der Waals surface area contributed by atoms with Gasteiger partial charge in [0.1, 0.15) is 5.75 Å². The van der Waals surface area contributed by atoms with Gasteiger partial charge < -0.3 is 4.74 Å². The highest BCUT2D eigenvalue weighted by Gasteiger charge is 2.30. The SMILES string of the molecule is Cc1cc(Br)c2c(c1)CC(c1ccccc1)C(=O)O2. The molecule has 3 heteroatoms. The first-order valence-corrected chi connectivity index (χ1v) is 7.00. The fourth-order valence-electron chi connectivity index (χ4n) is 2.48. The Bertz CT molecular complexity index is 635. The smallest absolute Gasteiger partial charge is 0.319 e. The lowest BCUT2D eigenvalue weighted by atomic mass is 9.89. The summed E-state index contributed by atoms with van der Waals surface area (Å²) in [6, 6.07) is 13.8. The number of hydrogen-bond donors (Lipinski definition) is 0. The third kappa shape index (κ3) is 2.30. The number of aryl methyl sites for hydroxylation is 1. The summed E-state index contributed by atoms with van der Waals surface area (Å²) in [5.41, 5.74) is 3.26. The van der Waals surface area contributed by atoms with E-state index in [2.05, 4.69) is 22.0 Å². The fourth-order valence-corrected chi connectivity index (χ4v) is 3.18. The average molecular weight is 317 g/mol. The van der Waals surface area contributed by atoms with Crippen LogP contribution < -0.4 is 4.74 Å². The van der Waals surface area contributed by atoms with Gasteiger partial charge in [0.15, 0.2) is 0 Å². The Morgan fingerprint density at radius 1 is 1.21 bits per heavy atom. The Morgan fingerprint density at radius 2 is 1.95 bits per heavy atom. The van der Waals surface area contributed by atoms with Crippen LogP contribution in [0.15, 0.2) is 46.9 Å². The highest BCUT2D eigenvalue weighted by molar-refractivity contribution is 9.10. The summed E-state index contributed by atoms with van der Waals surface area (Å²) in [6.07, 6.45) is 0.693. The molecule has 1 atom stereocenters. The van der Waals surface area contributed by atoms with Crippen LogP contribution in [0.2, 0.25) is 0 Å². The zero-order chi connectivity index (χ0) is 13.4. The molecule has 0 N–H and O–H groups in total. The van der Waals surface area contributed by atoms with Gasteiger partial charge in [0.25, 0.3) is 0 Å². The van der Waals surface area contributed by atoms with Crippen molar-refractivity contribution in [3.8, 4) is 5.75 Å². The first-order chi connectivity index (χ1) is 9.15. The molecule has 1 aliphatic heterocycles. The first-order valence-electron chi connectivity index (χ1n) is 6.21. The molecular formula is C16H13BrO2. The lowest BCUT2D eigenvalue weighted by Gasteiger charge is -2.24. The maximum atomic E-state index is 12.2. The molecule has 19 heavy (non-hydrogen) atoms. The molecule has 1 heterocycles. The van der Waals surface area contributed by atoms with Gasteiger partial charge >= 0.3 is 5.97 Å². The van der Waals surface area contributed by atoms with Gasteiger partial charge in [0.2, 0.25) is 0 Å². The van der Waals surface area contributed by atoms with Crippen LogP contribution in [-0.2, 0) is 11.2 Å². The standard InChI is InChI=1S/C16H13BrO2/c1-10-7-12-9-13(11-5-3-2-4-6-11)16(18)19-15(12)14(17)8-10/h2-8,13H,9H2,1H3. The lowest BCUT2D eigenvalue weighted by molar-refractivity contribution is -0.137. The minimum Gasteiger partial charge on any atom is -0.425 e. The third-order valence-electron chi connectivity index (χ3n) is 3.38. The zero-order valence-corrected chi connectivity index (χ0v) is 12.1. The van der Waals surface area contributed by atoms with Gasteiger partial charge in [0, 0.05) is 0 Å². The summed E-state index contributed by atoms with van der Waals surface area (Å²) in [5, 5.41) is 0. The van der Waals surface area contributed by atoms with Crippen molar-refractivity contribution in [2.24, 2.45) is 0 Å². The van der Waals surface area contributed by atoms with Crippen LogP contribution in [0.3, 0.4) is 0 Å². The van der Waals surface area contributed by atoms with Gasteiger partial charge in [-0.2, -0.15) is 0 Å². The third-order valence-corrected chi connectivity index (χ3v) is 3.97. The number of carbonyl (C=O) groups is 1. The average Bonchev–Trinajstić information content (AvgIpc) is 2.40. The van der Waals surface area contributed by atoms with E-state index in [1.807, 2.05) is 43.3 Å². The van der Waals surface area contributed by atoms with Gasteiger partial charge in [-0.3, -0.25) is 4.79 Å². The van der Waals surface area contributed by atoms with Crippen molar-refractivity contribution in [2.75, 3.05) is 0 Å². The number of fused-ring (bicyclic) bond motifs is 1. The quantitative estimate of drug-likeness (QED) is 0.587. The lowest BCUT2D eigenvalue weighted by Crippen LogP contribution is -2.26. The predicted octanol–water partition coefficient (Wildman–Crippen LogP) is 4.00.